The Bertz CT molecular complexity index is 753. The minimum atomic E-state index is -0.735. The summed E-state index contributed by atoms with van der Waals surface area (Å²) < 4.78 is 9.98. The van der Waals surface area contributed by atoms with E-state index in [-0.39, 0.29) is 41.1 Å². The highest BCUT2D eigenvalue weighted by atomic mass is 79.9. The molecule has 2 bridgehead atoms. The number of hydrogen-bond donors (Lipinski definition) is 2. The monoisotopic (exact) mass is 533 g/mol. The zero-order valence-electron chi connectivity index (χ0n) is 18.5. The highest BCUT2D eigenvalue weighted by Gasteiger charge is 2.76. The number of rotatable bonds is 8. The Kier molecular flexibility index (Phi) is 7.41. The van der Waals surface area contributed by atoms with Crippen LogP contribution in [0.3, 0.4) is 0 Å². The third kappa shape index (κ3) is 3.97. The zero-order chi connectivity index (χ0) is 23.0. The molecule has 4 aliphatic rings. The average molecular weight is 534 g/mol. The van der Waals surface area contributed by atoms with Gasteiger partial charge in [0.15, 0.2) is 0 Å². The number of fused-ring (bicyclic) bond motifs is 1. The number of thioether (sulfide) groups is 1. The lowest BCUT2D eigenvalue weighted by Crippen LogP contribution is -2.57. The van der Waals surface area contributed by atoms with Crippen LogP contribution in [0.4, 0.5) is 0 Å². The molecule has 4 saturated heterocycles. The maximum atomic E-state index is 13.6. The molecule has 0 aromatic rings. The number of aliphatic hydroxyl groups is 1. The molecular weight excluding hydrogens is 502 g/mol. The Balaban J connectivity index is 1.57. The largest absolute Gasteiger partial charge is 0.466 e. The number of amides is 2. The van der Waals surface area contributed by atoms with Gasteiger partial charge in [-0.25, -0.2) is 0 Å². The summed E-state index contributed by atoms with van der Waals surface area (Å²) in [5.74, 6) is -2.03. The highest BCUT2D eigenvalue weighted by molar-refractivity contribution is 9.09. The van der Waals surface area contributed by atoms with Crippen LogP contribution in [-0.4, -0.2) is 112 Å². The van der Waals surface area contributed by atoms with Crippen LogP contribution in [0.25, 0.3) is 0 Å². The molecule has 4 aliphatic heterocycles. The maximum absolute atomic E-state index is 13.6. The standard InChI is InChI=1S/C21H32BrN3O6S/c1-3-31-20(29)14-15-19(28)25(12(2)11-26)17(21(15)10-13(22)16(14)32-21)18(27)23-4-5-24-6-8-30-9-7-24/h12-17,26H,3-11H2,1-2H3,(H,23,27)/t12-,13?,14-,15+,16-,17?,21?/m1/s1. The maximum Gasteiger partial charge on any atom is 0.310 e. The molecule has 9 nitrogen and oxygen atoms in total. The lowest BCUT2D eigenvalue weighted by molar-refractivity contribution is -0.154. The molecule has 3 unspecified atom stereocenters. The number of nitrogens with one attached hydrogen (secondary N) is 1. The third-order valence-electron chi connectivity index (χ3n) is 7.10. The van der Waals surface area contributed by atoms with Gasteiger partial charge in [-0.2, -0.15) is 0 Å². The number of morpholine rings is 1. The van der Waals surface area contributed by atoms with Gasteiger partial charge in [0.25, 0.3) is 0 Å². The summed E-state index contributed by atoms with van der Waals surface area (Å²) in [7, 11) is 0. The Hall–Kier alpha value is -0.880. The molecule has 180 valence electrons. The second kappa shape index (κ2) is 9.77. The predicted octanol–water partition coefficient (Wildman–Crippen LogP) is -0.157. The molecule has 0 aliphatic carbocycles. The van der Waals surface area contributed by atoms with Gasteiger partial charge >= 0.3 is 5.97 Å². The first-order chi connectivity index (χ1) is 15.4. The van der Waals surface area contributed by atoms with E-state index in [9.17, 15) is 19.5 Å². The summed E-state index contributed by atoms with van der Waals surface area (Å²) in [5, 5.41) is 12.8. The number of halogens is 1. The van der Waals surface area contributed by atoms with Crippen LogP contribution in [-0.2, 0) is 23.9 Å². The summed E-state index contributed by atoms with van der Waals surface area (Å²) in [6.45, 7) is 7.73. The Labute approximate surface area is 201 Å². The Morgan fingerprint density at radius 2 is 2.12 bits per heavy atom. The number of hydrogen-bond acceptors (Lipinski definition) is 8. The van der Waals surface area contributed by atoms with Gasteiger partial charge < -0.3 is 24.8 Å². The fourth-order valence-electron chi connectivity index (χ4n) is 5.70. The first-order valence-electron chi connectivity index (χ1n) is 11.3. The number of carbonyl (C=O) groups is 3. The SMILES string of the molecule is CCOC(=O)[C@H]1[C@@H]2SC3(CC2Br)C(C(=O)NCCN2CCOCC2)N([C@H](C)CO)C(=O)[C@H]13. The van der Waals surface area contributed by atoms with Crippen molar-refractivity contribution in [2.24, 2.45) is 11.8 Å². The van der Waals surface area contributed by atoms with Crippen molar-refractivity contribution in [1.29, 1.82) is 0 Å². The average Bonchev–Trinajstić information content (AvgIpc) is 3.37. The summed E-state index contributed by atoms with van der Waals surface area (Å²) in [6.07, 6.45) is 0.616. The number of carbonyl (C=O) groups excluding carboxylic acids is 3. The molecule has 4 fully saturated rings. The van der Waals surface area contributed by atoms with Crippen LogP contribution >= 0.6 is 27.7 Å². The number of esters is 1. The molecule has 4 heterocycles. The van der Waals surface area contributed by atoms with Crippen molar-refractivity contribution < 1.29 is 29.0 Å². The van der Waals surface area contributed by atoms with Gasteiger partial charge in [0.1, 0.15) is 6.04 Å². The van der Waals surface area contributed by atoms with Gasteiger partial charge in [-0.05, 0) is 20.3 Å². The van der Waals surface area contributed by atoms with Crippen molar-refractivity contribution in [3.05, 3.63) is 0 Å². The van der Waals surface area contributed by atoms with Crippen molar-refractivity contribution in [2.45, 2.75) is 47.2 Å². The predicted molar refractivity (Wildman–Crippen MR) is 123 cm³/mol. The molecule has 4 rings (SSSR count). The van der Waals surface area contributed by atoms with E-state index in [1.165, 1.54) is 4.90 Å². The minimum absolute atomic E-state index is 0.0130. The molecule has 0 aromatic heterocycles. The van der Waals surface area contributed by atoms with E-state index < -0.39 is 28.7 Å². The number of nitrogens with zero attached hydrogens (tertiary/aromatic N) is 2. The van der Waals surface area contributed by atoms with Crippen LogP contribution in [0.1, 0.15) is 20.3 Å². The molecule has 2 amide bonds. The fraction of sp³-hybridized carbons (Fsp3) is 0.857. The zero-order valence-corrected chi connectivity index (χ0v) is 20.9. The van der Waals surface area contributed by atoms with E-state index in [0.29, 0.717) is 32.7 Å². The fourth-order valence-corrected chi connectivity index (χ4v) is 9.28. The van der Waals surface area contributed by atoms with Crippen LogP contribution in [0.5, 0.6) is 0 Å². The molecule has 7 atom stereocenters. The molecule has 0 saturated carbocycles. The molecule has 1 spiro atoms. The first-order valence-corrected chi connectivity index (χ1v) is 13.1. The van der Waals surface area contributed by atoms with Crippen molar-refractivity contribution in [3.8, 4) is 0 Å². The van der Waals surface area contributed by atoms with Crippen LogP contribution in [0.15, 0.2) is 0 Å². The molecule has 11 heteroatoms. The normalized spacial score (nSPS) is 37.4. The summed E-state index contributed by atoms with van der Waals surface area (Å²) in [5.41, 5.74) is 0. The smallest absolute Gasteiger partial charge is 0.310 e. The Morgan fingerprint density at radius 1 is 1.41 bits per heavy atom. The van der Waals surface area contributed by atoms with E-state index in [0.717, 1.165) is 13.1 Å². The second-order valence-corrected chi connectivity index (χ2v) is 11.7. The molecule has 0 aromatic carbocycles. The molecular formula is C21H32BrN3O6S. The van der Waals surface area contributed by atoms with E-state index in [1.807, 2.05) is 0 Å². The topological polar surface area (TPSA) is 108 Å². The van der Waals surface area contributed by atoms with E-state index in [1.54, 1.807) is 25.6 Å². The molecule has 0 radical (unpaired) electrons. The van der Waals surface area contributed by atoms with E-state index in [4.69, 9.17) is 9.47 Å². The lowest BCUT2D eigenvalue weighted by atomic mass is 9.71. The Morgan fingerprint density at radius 3 is 2.78 bits per heavy atom. The van der Waals surface area contributed by atoms with Crippen molar-refractivity contribution in [2.75, 3.05) is 52.6 Å². The van der Waals surface area contributed by atoms with Crippen molar-refractivity contribution in [1.82, 2.24) is 15.1 Å². The number of aliphatic hydroxyl groups excluding tert-OH is 1. The lowest BCUT2D eigenvalue weighted by Gasteiger charge is -2.36. The number of likely N-dealkylation sites (tertiary alicyclic amines) is 1. The number of ether oxygens (including phenoxy) is 2. The van der Waals surface area contributed by atoms with Crippen molar-refractivity contribution in [3.63, 3.8) is 0 Å². The van der Waals surface area contributed by atoms with Gasteiger partial charge in [0.2, 0.25) is 11.8 Å². The highest BCUT2D eigenvalue weighted by Crippen LogP contribution is 2.68. The van der Waals surface area contributed by atoms with Gasteiger partial charge in [-0.1, -0.05) is 15.9 Å². The summed E-state index contributed by atoms with van der Waals surface area (Å²) in [4.78, 5) is 43.7. The summed E-state index contributed by atoms with van der Waals surface area (Å²) >= 11 is 5.28. The molecule has 32 heavy (non-hydrogen) atoms. The minimum Gasteiger partial charge on any atom is -0.466 e. The van der Waals surface area contributed by atoms with Gasteiger partial charge in [-0.15, -0.1) is 11.8 Å². The van der Waals surface area contributed by atoms with Gasteiger partial charge in [0, 0.05) is 36.3 Å². The third-order valence-corrected chi connectivity index (χ3v) is 10.3. The van der Waals surface area contributed by atoms with E-state index in [2.05, 4.69) is 26.1 Å². The van der Waals surface area contributed by atoms with E-state index >= 15 is 0 Å². The van der Waals surface area contributed by atoms with Crippen molar-refractivity contribution >= 4 is 45.5 Å². The van der Waals surface area contributed by atoms with Crippen LogP contribution in [0.2, 0.25) is 0 Å². The number of alkyl halides is 1. The molecule has 2 N–H and O–H groups in total. The first kappa shape index (κ1) is 24.3. The summed E-state index contributed by atoms with van der Waals surface area (Å²) in [6, 6.07) is -1.25. The second-order valence-electron chi connectivity index (χ2n) is 8.94. The quantitative estimate of drug-likeness (QED) is 0.327. The van der Waals surface area contributed by atoms with Crippen LogP contribution in [0, 0.1) is 11.8 Å². The van der Waals surface area contributed by atoms with Gasteiger partial charge in [-0.3, -0.25) is 19.3 Å². The van der Waals surface area contributed by atoms with Crippen LogP contribution < -0.4 is 5.32 Å². The van der Waals surface area contributed by atoms with Gasteiger partial charge in [0.05, 0.1) is 49.1 Å².